The van der Waals surface area contributed by atoms with Crippen LogP contribution < -0.4 is 10.6 Å². The molecule has 2 amide bonds. The first-order valence-electron chi connectivity index (χ1n) is 57.7. The van der Waals surface area contributed by atoms with Crippen molar-refractivity contribution in [1.29, 1.82) is 0 Å². The van der Waals surface area contributed by atoms with Crippen LogP contribution in [0.15, 0.2) is 0 Å². The average Bonchev–Trinajstić information content (AvgIpc) is 0.778. The van der Waals surface area contributed by atoms with Crippen molar-refractivity contribution < 1.29 is 125 Å². The van der Waals surface area contributed by atoms with Crippen LogP contribution in [0.4, 0.5) is 0 Å². The second-order valence-corrected chi connectivity index (χ2v) is 43.4. The molecule has 2 saturated heterocycles. The Morgan fingerprint density at radius 2 is 0.543 bits per heavy atom. The van der Waals surface area contributed by atoms with E-state index in [-0.39, 0.29) is 44.9 Å². The Kier molecular flexibility index (Phi) is 84.4. The average molecular weight is 2040 g/mol. The van der Waals surface area contributed by atoms with E-state index in [9.17, 15) is 68.0 Å². The van der Waals surface area contributed by atoms with Crippen LogP contribution in [-0.4, -0.2) is 175 Å². The third kappa shape index (κ3) is 73.4. The second-order valence-electron chi connectivity index (χ2n) is 41.0. The zero-order valence-corrected chi connectivity index (χ0v) is 91.1. The summed E-state index contributed by atoms with van der Waals surface area (Å²) in [4.78, 5) is 145. The number of aliphatic hydroxyl groups is 3. The van der Waals surface area contributed by atoms with E-state index < -0.39 is 182 Å². The highest BCUT2D eigenvalue weighted by Gasteiger charge is 2.55. The van der Waals surface area contributed by atoms with Gasteiger partial charge in [0.1, 0.15) is 54.8 Å². The summed E-state index contributed by atoms with van der Waals surface area (Å²) in [6, 6.07) is -3.92. The maximum absolute atomic E-state index is 15.3. The van der Waals surface area contributed by atoms with E-state index in [1.54, 1.807) is 0 Å². The quantitative estimate of drug-likeness (QED) is 0.0118. The molecule has 0 aliphatic carbocycles. The van der Waals surface area contributed by atoms with Crippen molar-refractivity contribution >= 4 is 57.3 Å². The number of carbonyl (C=O) groups excluding carboxylic acids is 7. The van der Waals surface area contributed by atoms with Gasteiger partial charge in [-0.25, -0.2) is 9.13 Å². The summed E-state index contributed by atoms with van der Waals surface area (Å²) in [5.41, 5.74) is 0. The van der Waals surface area contributed by atoms with Crippen LogP contribution in [0.1, 0.15) is 562 Å². The normalized spacial score (nSPS) is 19.3. The van der Waals surface area contributed by atoms with Crippen LogP contribution in [0, 0.1) is 0 Å². The maximum Gasteiger partial charge on any atom is 0.472 e. The van der Waals surface area contributed by atoms with E-state index in [1.807, 2.05) is 0 Å². The molecule has 0 bridgehead atoms. The minimum absolute atomic E-state index is 0.0727. The zero-order chi connectivity index (χ0) is 103. The number of nitrogens with one attached hydrogen (secondary N) is 2. The smallest absolute Gasteiger partial charge is 0.462 e. The third-order valence-corrected chi connectivity index (χ3v) is 28.6. The minimum atomic E-state index is -5.75. The molecule has 824 valence electrons. The molecule has 2 rings (SSSR count). The molecule has 0 aromatic heterocycles. The van der Waals surface area contributed by atoms with Gasteiger partial charge in [0.15, 0.2) is 24.8 Å². The highest BCUT2D eigenvalue weighted by Crippen LogP contribution is 2.44. The fourth-order valence-electron chi connectivity index (χ4n) is 19.2. The Labute approximate surface area is 849 Å². The first-order chi connectivity index (χ1) is 67.7. The van der Waals surface area contributed by atoms with Gasteiger partial charge in [-0.05, 0) is 64.2 Å². The number of carbonyl (C=O) groups is 7. The molecular weight excluding hydrogens is 1830 g/mol. The van der Waals surface area contributed by atoms with Gasteiger partial charge in [0.25, 0.3) is 0 Å². The van der Waals surface area contributed by atoms with E-state index in [4.69, 9.17) is 46.9 Å². The first kappa shape index (κ1) is 132. The summed E-state index contributed by atoms with van der Waals surface area (Å²) in [6.45, 7) is 13.1. The number of phosphoric acid groups is 2. The van der Waals surface area contributed by atoms with Gasteiger partial charge in [-0.1, -0.05) is 453 Å². The number of esters is 5. The molecule has 0 unspecified atom stereocenters. The molecule has 9 N–H and O–H groups in total. The molecule has 0 spiro atoms. The fraction of sp³-hybridized carbons (Fsp3) is 0.936. The van der Waals surface area contributed by atoms with E-state index in [0.717, 1.165) is 295 Å². The third-order valence-electron chi connectivity index (χ3n) is 27.6. The molecule has 2 fully saturated rings. The summed E-state index contributed by atoms with van der Waals surface area (Å²) in [6.07, 6.45) is 48.1. The molecule has 2 aliphatic rings. The van der Waals surface area contributed by atoms with Crippen molar-refractivity contribution in [3.05, 3.63) is 0 Å². The molecule has 30 heteroatoms. The van der Waals surface area contributed by atoms with Crippen LogP contribution >= 0.6 is 15.6 Å². The number of amides is 2. The van der Waals surface area contributed by atoms with Crippen molar-refractivity contribution in [2.45, 2.75) is 648 Å². The Balaban J connectivity index is 2.93. The molecule has 0 aromatic carbocycles. The number of hydrogen-bond acceptors (Lipinski definition) is 22. The predicted octanol–water partition coefficient (Wildman–Crippen LogP) is 26.6. The SMILES string of the molecule is CCCCCCCCCCCCCCCC(=O)O[C@H](CCCCCCCCCCC)CC(=O)N[C@H]1[C@@H](OP(=O)(O)O)O[C@H](CO[C@@H]2O[C@H](CO)[C@@H](OP(=O)(O)O)[C@H](OC(=O)C[C@@H](CCCCCCCCCCC)OC(=O)CCCCCCCCCCCCC)[C@H]2NC(=O)C[C@@H](CCCCCCCCCCC)OC(=O)CCCCCCCCCCC)[C@@H](O)[C@@H]1OC(=O)C[C@H](O)CCCCCCCCCCC. The van der Waals surface area contributed by atoms with E-state index in [0.29, 0.717) is 44.9 Å². The largest absolute Gasteiger partial charge is 0.472 e. The van der Waals surface area contributed by atoms with Crippen LogP contribution in [0.3, 0.4) is 0 Å². The Morgan fingerprint density at radius 3 is 0.836 bits per heavy atom. The number of rotatable bonds is 99. The highest BCUT2D eigenvalue weighted by atomic mass is 31.2. The van der Waals surface area contributed by atoms with Crippen molar-refractivity contribution in [2.75, 3.05) is 13.2 Å². The fourth-order valence-corrected chi connectivity index (χ4v) is 20.2. The highest BCUT2D eigenvalue weighted by molar-refractivity contribution is 7.46. The van der Waals surface area contributed by atoms with Crippen LogP contribution in [-0.2, 0) is 89.6 Å². The summed E-state index contributed by atoms with van der Waals surface area (Å²) in [5.74, 6) is -5.54. The van der Waals surface area contributed by atoms with Gasteiger partial charge >= 0.3 is 45.5 Å². The van der Waals surface area contributed by atoms with Crippen LogP contribution in [0.5, 0.6) is 0 Å². The van der Waals surface area contributed by atoms with E-state index in [1.165, 1.54) is 103 Å². The summed E-state index contributed by atoms with van der Waals surface area (Å²) >= 11 is 0. The molecule has 0 aromatic rings. The van der Waals surface area contributed by atoms with Gasteiger partial charge < -0.3 is 83.4 Å². The number of ether oxygens (including phenoxy) is 8. The molecule has 0 saturated carbocycles. The molecule has 0 radical (unpaired) electrons. The van der Waals surface area contributed by atoms with Crippen LogP contribution in [0.2, 0.25) is 0 Å². The van der Waals surface area contributed by atoms with Gasteiger partial charge in [0, 0.05) is 19.3 Å². The summed E-state index contributed by atoms with van der Waals surface area (Å²) in [5, 5.41) is 41.2. The van der Waals surface area contributed by atoms with Gasteiger partial charge in [-0.3, -0.25) is 42.6 Å². The summed E-state index contributed by atoms with van der Waals surface area (Å²) < 4.78 is 87.6. The second kappa shape index (κ2) is 89.3. The molecular formula is C110H208N2O26P2. The number of hydrogen-bond donors (Lipinski definition) is 9. The maximum atomic E-state index is 15.3. The lowest BCUT2D eigenvalue weighted by Gasteiger charge is -2.47. The summed E-state index contributed by atoms with van der Waals surface area (Å²) in [7, 11) is -11.5. The molecule has 140 heavy (non-hydrogen) atoms. The Morgan fingerprint density at radius 1 is 0.293 bits per heavy atom. The van der Waals surface area contributed by atoms with Crippen molar-refractivity contribution in [3.63, 3.8) is 0 Å². The monoisotopic (exact) mass is 2040 g/mol. The van der Waals surface area contributed by atoms with E-state index in [2.05, 4.69) is 59.1 Å². The zero-order valence-electron chi connectivity index (χ0n) is 89.3. The van der Waals surface area contributed by atoms with E-state index >= 15 is 9.59 Å². The standard InChI is InChI=1S/C110H208N2O26P2/c1-8-15-22-29-36-43-45-46-48-55-62-68-75-82-98(117)130-91(78-71-64-57-50-39-32-25-18-11-4)85-96(115)111-103-107(135-101(120)84-90(114)77-70-63-56-49-38-31-24-17-10-3)105(122)95(134-110(103)138-140(126,127)128)89-129-109-104(112-97(116)86-92(79-72-65-58-51-40-33-26-19-12-5)131-99(118)81-74-67-60-53-42-35-28-21-14-7)108(106(94(88-113)133-109)137-139(123,124)125)136-102(121)87-93(80-73-66-59-52-41-34-27-20-13-6)132-100(119)83-76-69-61-54-47-44-37-30-23-16-9-2/h90-95,103-110,113-114,122H,8-89H2,1-7H3,(H,111,115)(H,112,116)(H2,123,124,125)(H2,126,127,128)/t90-,91-,92-,93-,94-,95-,103-,104-,105-,106-,107-,108-,109-,110-/m1/s1. The number of unbranched alkanes of at least 4 members (excludes halogenated alkanes) is 62. The lowest BCUT2D eigenvalue weighted by Crippen LogP contribution is -2.68. The molecule has 2 heterocycles. The van der Waals surface area contributed by atoms with Crippen molar-refractivity contribution in [3.8, 4) is 0 Å². The molecule has 14 atom stereocenters. The molecule has 28 nitrogen and oxygen atoms in total. The van der Waals surface area contributed by atoms with Crippen LogP contribution in [0.25, 0.3) is 0 Å². The van der Waals surface area contributed by atoms with Crippen molar-refractivity contribution in [2.24, 2.45) is 0 Å². The Hall–Kier alpha value is -3.73. The molecule has 2 aliphatic heterocycles. The van der Waals surface area contributed by atoms with Gasteiger partial charge in [-0.2, -0.15) is 0 Å². The van der Waals surface area contributed by atoms with Gasteiger partial charge in [-0.15, -0.1) is 0 Å². The van der Waals surface area contributed by atoms with Crippen molar-refractivity contribution in [1.82, 2.24) is 10.6 Å². The predicted molar refractivity (Wildman–Crippen MR) is 555 cm³/mol. The Bertz CT molecular complexity index is 3100. The lowest BCUT2D eigenvalue weighted by atomic mass is 9.95. The number of phosphoric ester groups is 2. The number of aliphatic hydroxyl groups excluding tert-OH is 3. The van der Waals surface area contributed by atoms with Gasteiger partial charge in [0.05, 0.1) is 45.0 Å². The minimum Gasteiger partial charge on any atom is -0.462 e. The topological polar surface area (TPSA) is 412 Å². The lowest BCUT2D eigenvalue weighted by molar-refractivity contribution is -0.297. The van der Waals surface area contributed by atoms with Gasteiger partial charge in [0.2, 0.25) is 11.8 Å². The first-order valence-corrected chi connectivity index (χ1v) is 60.7.